The van der Waals surface area contributed by atoms with E-state index in [0.717, 1.165) is 28.3 Å². The molecule has 1 aromatic carbocycles. The first-order valence-electron chi connectivity index (χ1n) is 12.4. The Labute approximate surface area is 213 Å². The maximum atomic E-state index is 9.67. The molecule has 0 saturated heterocycles. The van der Waals surface area contributed by atoms with Gasteiger partial charge < -0.3 is 15.2 Å². The average Bonchev–Trinajstić information content (AvgIpc) is 3.34. The number of rotatable bonds is 11. The predicted molar refractivity (Wildman–Crippen MR) is 153 cm³/mol. The highest BCUT2D eigenvalue weighted by molar-refractivity contribution is 5.74. The van der Waals surface area contributed by atoms with Crippen LogP contribution in [0.3, 0.4) is 0 Å². The number of H-pyrrole nitrogens is 1. The molecule has 0 amide bonds. The van der Waals surface area contributed by atoms with Crippen molar-refractivity contribution >= 4 is 17.1 Å². The molecule has 0 atom stereocenters. The second-order valence-electron chi connectivity index (χ2n) is 7.31. The number of aryl methyl sites for hydroxylation is 1. The first-order chi connectivity index (χ1) is 16.9. The van der Waals surface area contributed by atoms with E-state index in [4.69, 9.17) is 4.74 Å². The molecule has 3 N–H and O–H groups in total. The van der Waals surface area contributed by atoms with Crippen LogP contribution in [0.5, 0.6) is 0 Å². The van der Waals surface area contributed by atoms with Crippen molar-refractivity contribution in [3.63, 3.8) is 0 Å². The second kappa shape index (κ2) is 19.0. The van der Waals surface area contributed by atoms with Crippen molar-refractivity contribution in [3.05, 3.63) is 95.5 Å². The fourth-order valence-electron chi connectivity index (χ4n) is 2.88. The van der Waals surface area contributed by atoms with Crippen LogP contribution in [0.4, 0.5) is 11.5 Å². The van der Waals surface area contributed by atoms with E-state index >= 15 is 0 Å². The van der Waals surface area contributed by atoms with Crippen molar-refractivity contribution < 1.29 is 9.84 Å². The van der Waals surface area contributed by atoms with E-state index in [0.29, 0.717) is 25.2 Å². The lowest BCUT2D eigenvalue weighted by atomic mass is 10.1. The number of aromatic amines is 1. The van der Waals surface area contributed by atoms with Crippen LogP contribution >= 0.6 is 0 Å². The Balaban J connectivity index is 0.00000274. The average molecular weight is 480 g/mol. The number of nitrogens with zero attached hydrogens (tertiary/aromatic N) is 1. The number of aliphatic hydroxyl groups is 1. The van der Waals surface area contributed by atoms with Gasteiger partial charge in [0.25, 0.3) is 0 Å². The molecule has 2 rings (SSSR count). The third-order valence-corrected chi connectivity index (χ3v) is 4.93. The van der Waals surface area contributed by atoms with Gasteiger partial charge in [-0.15, -0.1) is 0 Å². The van der Waals surface area contributed by atoms with Crippen molar-refractivity contribution in [2.75, 3.05) is 19.0 Å². The van der Waals surface area contributed by atoms with Crippen molar-refractivity contribution in [2.45, 2.75) is 61.3 Å². The predicted octanol–water partition coefficient (Wildman–Crippen LogP) is 8.76. The number of ether oxygens (including phenoxy) is 1. The van der Waals surface area contributed by atoms with Gasteiger partial charge in [-0.1, -0.05) is 82.4 Å². The zero-order valence-corrected chi connectivity index (χ0v) is 22.9. The summed E-state index contributed by atoms with van der Waals surface area (Å²) in [6, 6.07) is 8.19. The third-order valence-electron chi connectivity index (χ3n) is 4.93. The molecule has 1 aromatic heterocycles. The number of aromatic nitrogens is 2. The van der Waals surface area contributed by atoms with Gasteiger partial charge in [0.05, 0.1) is 18.1 Å². The van der Waals surface area contributed by atoms with E-state index in [1.165, 1.54) is 11.1 Å². The molecule has 0 radical (unpaired) electrons. The number of hydrogen-bond donors (Lipinski definition) is 3. The van der Waals surface area contributed by atoms with Crippen LogP contribution in [0.15, 0.2) is 78.6 Å². The monoisotopic (exact) mass is 479 g/mol. The number of allylic oxidation sites excluding steroid dienone is 7. The quantitative estimate of drug-likeness (QED) is 0.171. The molecule has 1 heterocycles. The fourth-order valence-corrected chi connectivity index (χ4v) is 2.88. The van der Waals surface area contributed by atoms with Gasteiger partial charge in [-0.2, -0.15) is 5.10 Å². The van der Waals surface area contributed by atoms with Crippen molar-refractivity contribution in [3.8, 4) is 0 Å². The normalized spacial score (nSPS) is 11.7. The number of nitrogens with one attached hydrogen (secondary N) is 2. The molecule has 2 aromatic rings. The van der Waals surface area contributed by atoms with Gasteiger partial charge in [-0.25, -0.2) is 0 Å². The third kappa shape index (κ3) is 12.1. The number of hydrogen-bond acceptors (Lipinski definition) is 4. The molecule has 0 fully saturated rings. The molecular formula is C30H45N3O2. The van der Waals surface area contributed by atoms with Gasteiger partial charge >= 0.3 is 0 Å². The lowest BCUT2D eigenvalue weighted by Gasteiger charge is -2.08. The summed E-state index contributed by atoms with van der Waals surface area (Å²) >= 11 is 0. The van der Waals surface area contributed by atoms with Crippen LogP contribution in [-0.2, 0) is 4.74 Å². The Kier molecular flexibility index (Phi) is 17.2. The number of anilines is 2. The first-order valence-corrected chi connectivity index (χ1v) is 12.4. The molecule has 192 valence electrons. The topological polar surface area (TPSA) is 70.2 Å². The molecule has 0 aliphatic carbocycles. The van der Waals surface area contributed by atoms with Crippen LogP contribution < -0.4 is 5.32 Å². The van der Waals surface area contributed by atoms with Crippen LogP contribution in [0, 0.1) is 13.8 Å². The van der Waals surface area contributed by atoms with E-state index in [1.54, 1.807) is 13.2 Å². The molecule has 5 heteroatoms. The molecule has 0 spiro atoms. The highest BCUT2D eigenvalue weighted by Gasteiger charge is 2.06. The smallest absolute Gasteiger partial charge is 0.152 e. The maximum Gasteiger partial charge on any atom is 0.152 e. The summed E-state index contributed by atoms with van der Waals surface area (Å²) in [5.74, 6) is 1.08. The van der Waals surface area contributed by atoms with Gasteiger partial charge in [-0.3, -0.25) is 5.10 Å². The Morgan fingerprint density at radius 2 is 1.80 bits per heavy atom. The lowest BCUT2D eigenvalue weighted by molar-refractivity contribution is 0.229. The SMILES string of the molecule is C=C(/C=C\C(=C/C)c1cc(Nc2cccc(C)c2C)n[nH]1)C/C=C\C/C(O)=C\COC.CC.CC. The highest BCUT2D eigenvalue weighted by atomic mass is 16.5. The summed E-state index contributed by atoms with van der Waals surface area (Å²) in [5, 5.41) is 20.5. The minimum atomic E-state index is 0.306. The molecule has 35 heavy (non-hydrogen) atoms. The van der Waals surface area contributed by atoms with Crippen molar-refractivity contribution in [2.24, 2.45) is 0 Å². The van der Waals surface area contributed by atoms with Crippen LogP contribution in [0.2, 0.25) is 0 Å². The summed E-state index contributed by atoms with van der Waals surface area (Å²) < 4.78 is 4.90. The van der Waals surface area contributed by atoms with Gasteiger partial charge in [0.2, 0.25) is 0 Å². The van der Waals surface area contributed by atoms with Crippen molar-refractivity contribution in [1.29, 1.82) is 0 Å². The lowest BCUT2D eigenvalue weighted by Crippen LogP contribution is -1.94. The molecule has 0 aliphatic heterocycles. The summed E-state index contributed by atoms with van der Waals surface area (Å²) in [7, 11) is 1.60. The zero-order valence-electron chi connectivity index (χ0n) is 22.9. The fraction of sp³-hybridized carbons (Fsp3) is 0.367. The highest BCUT2D eigenvalue weighted by Crippen LogP contribution is 2.24. The summed E-state index contributed by atoms with van der Waals surface area (Å²) in [4.78, 5) is 0. The Morgan fingerprint density at radius 3 is 2.46 bits per heavy atom. The van der Waals surface area contributed by atoms with Gasteiger partial charge in [0, 0.05) is 25.3 Å². The summed E-state index contributed by atoms with van der Waals surface area (Å²) in [6.07, 6.45) is 12.9. The van der Waals surface area contributed by atoms with Crippen molar-refractivity contribution in [1.82, 2.24) is 10.2 Å². The van der Waals surface area contributed by atoms with E-state index in [9.17, 15) is 5.11 Å². The van der Waals surface area contributed by atoms with E-state index in [1.807, 2.05) is 77.1 Å². The number of methoxy groups -OCH3 is 1. The minimum absolute atomic E-state index is 0.306. The second-order valence-corrected chi connectivity index (χ2v) is 7.31. The maximum absolute atomic E-state index is 9.67. The Morgan fingerprint density at radius 1 is 1.11 bits per heavy atom. The molecule has 5 nitrogen and oxygen atoms in total. The molecule has 0 unspecified atom stereocenters. The molecule has 0 bridgehead atoms. The molecular weight excluding hydrogens is 434 g/mol. The van der Waals surface area contributed by atoms with Gasteiger partial charge in [0.1, 0.15) is 0 Å². The molecule has 0 aliphatic rings. The Hall–Kier alpha value is -3.31. The van der Waals surface area contributed by atoms with Crippen LogP contribution in [0.25, 0.3) is 5.57 Å². The zero-order chi connectivity index (χ0) is 26.6. The summed E-state index contributed by atoms with van der Waals surface area (Å²) in [6.45, 7) is 18.7. The van der Waals surface area contributed by atoms with E-state index < -0.39 is 0 Å². The minimum Gasteiger partial charge on any atom is -0.512 e. The number of aliphatic hydroxyl groups excluding tert-OH is 1. The van der Waals surface area contributed by atoms with Gasteiger partial charge in [-0.05, 0) is 56.0 Å². The Bertz CT molecular complexity index is 995. The number of benzene rings is 1. The largest absolute Gasteiger partial charge is 0.512 e. The van der Waals surface area contributed by atoms with E-state index in [-0.39, 0.29) is 0 Å². The standard InChI is InChI=1S/C26H33N3O2.2C2H6/c1-6-22(15-14-19(2)10-7-8-12-23(30)16-17-31-5)25-18-26(29-28-25)27-24-13-9-11-20(3)21(24)4;2*1-2/h6-9,11,13-16,18,30H,2,10,12,17H2,1,3-5H3,(H2,27,28,29);2*1-2H3/b8-7-,15-14-,22-6+,23-16+;;. The van der Waals surface area contributed by atoms with Gasteiger partial charge in [0.15, 0.2) is 5.82 Å². The van der Waals surface area contributed by atoms with Crippen LogP contribution in [-0.4, -0.2) is 29.0 Å². The van der Waals surface area contributed by atoms with Crippen LogP contribution in [0.1, 0.15) is 64.3 Å². The molecule has 0 saturated carbocycles. The van der Waals surface area contributed by atoms with E-state index in [2.05, 4.69) is 48.1 Å². The summed E-state index contributed by atoms with van der Waals surface area (Å²) in [5.41, 5.74) is 6.45. The first kappa shape index (κ1) is 31.7.